The van der Waals surface area contributed by atoms with E-state index in [-0.39, 0.29) is 11.7 Å². The van der Waals surface area contributed by atoms with Crippen LogP contribution in [0.1, 0.15) is 24.5 Å². The van der Waals surface area contributed by atoms with Crippen molar-refractivity contribution in [2.24, 2.45) is 0 Å². The number of alkyl halides is 2. The number of amides is 1. The van der Waals surface area contributed by atoms with Crippen LogP contribution in [0.15, 0.2) is 48.5 Å². The molecule has 1 N–H and O–H groups in total. The minimum Gasteiger partial charge on any atom is -0.494 e. The summed E-state index contributed by atoms with van der Waals surface area (Å²) in [6, 6.07) is 14.1. The van der Waals surface area contributed by atoms with Gasteiger partial charge in [-0.25, -0.2) is 0 Å². The Hall–Kier alpha value is -2.63. The first-order valence-electron chi connectivity index (χ1n) is 8.59. The molecule has 4 nitrogen and oxygen atoms in total. The van der Waals surface area contributed by atoms with Gasteiger partial charge in [0.25, 0.3) is 0 Å². The van der Waals surface area contributed by atoms with Crippen LogP contribution in [-0.4, -0.2) is 25.7 Å². The fourth-order valence-electron chi connectivity index (χ4n) is 2.53. The van der Waals surface area contributed by atoms with Gasteiger partial charge in [-0.15, -0.1) is 0 Å². The predicted octanol–water partition coefficient (Wildman–Crippen LogP) is 3.98. The minimum atomic E-state index is -2.83. The third kappa shape index (κ3) is 6.70. The number of nitrogens with one attached hydrogen (secondary N) is 1. The van der Waals surface area contributed by atoms with Crippen LogP contribution in [0.4, 0.5) is 8.78 Å². The molecular weight excluding hydrogens is 340 g/mol. The first-order valence-corrected chi connectivity index (χ1v) is 8.59. The van der Waals surface area contributed by atoms with Gasteiger partial charge in [0.15, 0.2) is 0 Å². The molecule has 1 amide bonds. The maximum atomic E-state index is 12.1. The van der Waals surface area contributed by atoms with Gasteiger partial charge in [0.05, 0.1) is 6.61 Å². The van der Waals surface area contributed by atoms with Gasteiger partial charge in [0.1, 0.15) is 11.5 Å². The Labute approximate surface area is 152 Å². The van der Waals surface area contributed by atoms with E-state index in [4.69, 9.17) is 4.74 Å². The van der Waals surface area contributed by atoms with Crippen molar-refractivity contribution in [2.75, 3.05) is 13.2 Å². The molecule has 0 atom stereocenters. The largest absolute Gasteiger partial charge is 0.494 e. The molecule has 0 unspecified atom stereocenters. The van der Waals surface area contributed by atoms with Gasteiger partial charge in [-0.1, -0.05) is 30.3 Å². The molecule has 0 radical (unpaired) electrons. The average molecular weight is 363 g/mol. The summed E-state index contributed by atoms with van der Waals surface area (Å²) in [7, 11) is 0. The highest BCUT2D eigenvalue weighted by Gasteiger charge is 2.07. The number of para-hydroxylation sites is 1. The molecule has 0 saturated carbocycles. The summed E-state index contributed by atoms with van der Waals surface area (Å²) in [6.45, 7) is 0.175. The Balaban J connectivity index is 1.72. The molecule has 0 aliphatic heterocycles. The smallest absolute Gasteiger partial charge is 0.387 e. The maximum Gasteiger partial charge on any atom is 0.387 e. The molecule has 2 rings (SSSR count). The highest BCUT2D eigenvalue weighted by atomic mass is 19.3. The molecule has 0 bridgehead atoms. The summed E-state index contributed by atoms with van der Waals surface area (Å²) < 4.78 is 34.0. The molecule has 2 aromatic carbocycles. The fourth-order valence-corrected chi connectivity index (χ4v) is 2.53. The van der Waals surface area contributed by atoms with Crippen molar-refractivity contribution in [1.82, 2.24) is 5.32 Å². The van der Waals surface area contributed by atoms with Crippen LogP contribution in [0, 0.1) is 0 Å². The minimum absolute atomic E-state index is 0.0334. The van der Waals surface area contributed by atoms with Crippen molar-refractivity contribution < 1.29 is 23.0 Å². The summed E-state index contributed by atoms with van der Waals surface area (Å²) in [5.41, 5.74) is 1.95. The van der Waals surface area contributed by atoms with Gasteiger partial charge in [0, 0.05) is 13.0 Å². The van der Waals surface area contributed by atoms with E-state index in [0.717, 1.165) is 16.9 Å². The van der Waals surface area contributed by atoms with Crippen molar-refractivity contribution in [1.29, 1.82) is 0 Å². The molecule has 0 saturated heterocycles. The van der Waals surface area contributed by atoms with Gasteiger partial charge < -0.3 is 14.8 Å². The summed E-state index contributed by atoms with van der Waals surface area (Å²) in [6.07, 6.45) is 1.61. The van der Waals surface area contributed by atoms with E-state index in [2.05, 4.69) is 10.1 Å². The molecular formula is C20H23F2NO3. The number of hydrogen-bond acceptors (Lipinski definition) is 3. The number of aryl methyl sites for hydroxylation is 1. The first kappa shape index (κ1) is 19.7. The molecule has 0 spiro atoms. The van der Waals surface area contributed by atoms with E-state index >= 15 is 0 Å². The van der Waals surface area contributed by atoms with Crippen LogP contribution < -0.4 is 14.8 Å². The number of hydrogen-bond donors (Lipinski definition) is 1. The molecule has 0 aliphatic carbocycles. The van der Waals surface area contributed by atoms with Crippen molar-refractivity contribution in [2.45, 2.75) is 32.8 Å². The predicted molar refractivity (Wildman–Crippen MR) is 95.7 cm³/mol. The van der Waals surface area contributed by atoms with Crippen LogP contribution >= 0.6 is 0 Å². The van der Waals surface area contributed by atoms with E-state index in [1.54, 1.807) is 12.1 Å². The second kappa shape index (κ2) is 10.4. The highest BCUT2D eigenvalue weighted by Crippen LogP contribution is 2.19. The second-order valence-electron chi connectivity index (χ2n) is 5.66. The van der Waals surface area contributed by atoms with Crippen LogP contribution in [-0.2, 0) is 17.6 Å². The number of ether oxygens (including phenoxy) is 2. The van der Waals surface area contributed by atoms with Crippen LogP contribution in [0.3, 0.4) is 0 Å². The lowest BCUT2D eigenvalue weighted by atomic mass is 10.1. The Morgan fingerprint density at radius 1 is 1.08 bits per heavy atom. The number of benzene rings is 2. The molecule has 26 heavy (non-hydrogen) atoms. The van der Waals surface area contributed by atoms with Gasteiger partial charge in [-0.3, -0.25) is 4.79 Å². The topological polar surface area (TPSA) is 47.6 Å². The van der Waals surface area contributed by atoms with Crippen LogP contribution in [0.5, 0.6) is 11.5 Å². The first-order chi connectivity index (χ1) is 12.6. The molecule has 0 heterocycles. The molecule has 0 aromatic heterocycles. The zero-order chi connectivity index (χ0) is 18.8. The summed E-state index contributed by atoms with van der Waals surface area (Å²) in [5, 5.41) is 2.87. The normalized spacial score (nSPS) is 10.6. The number of carbonyl (C=O) groups excluding carboxylic acids is 1. The van der Waals surface area contributed by atoms with Crippen molar-refractivity contribution in [3.8, 4) is 11.5 Å². The quantitative estimate of drug-likeness (QED) is 0.695. The van der Waals surface area contributed by atoms with Crippen molar-refractivity contribution in [3.63, 3.8) is 0 Å². The average Bonchev–Trinajstić information content (AvgIpc) is 2.62. The summed E-state index contributed by atoms with van der Waals surface area (Å²) >= 11 is 0. The Bertz CT molecular complexity index is 690. The summed E-state index contributed by atoms with van der Waals surface area (Å²) in [5.74, 6) is 0.906. The standard InChI is InChI=1S/C20H23F2NO3/c1-2-25-18-6-4-3-5-16(18)9-12-19(24)23-14-13-15-7-10-17(11-8-15)26-20(21)22/h3-8,10-11,20H,2,9,12-14H2,1H3,(H,23,24). The lowest BCUT2D eigenvalue weighted by Crippen LogP contribution is -2.25. The van der Waals surface area contributed by atoms with Crippen molar-refractivity contribution >= 4 is 5.91 Å². The maximum absolute atomic E-state index is 12.1. The van der Waals surface area contributed by atoms with Gasteiger partial charge >= 0.3 is 6.61 Å². The van der Waals surface area contributed by atoms with Gasteiger partial charge in [0.2, 0.25) is 5.91 Å². The van der Waals surface area contributed by atoms with E-state index in [1.807, 2.05) is 31.2 Å². The second-order valence-corrected chi connectivity index (χ2v) is 5.66. The third-order valence-electron chi connectivity index (χ3n) is 3.78. The molecule has 0 aliphatic rings. The van der Waals surface area contributed by atoms with Crippen LogP contribution in [0.2, 0.25) is 0 Å². The Morgan fingerprint density at radius 3 is 2.50 bits per heavy atom. The fraction of sp³-hybridized carbons (Fsp3) is 0.350. The molecule has 0 fully saturated rings. The Morgan fingerprint density at radius 2 is 1.81 bits per heavy atom. The number of halogens is 2. The summed E-state index contributed by atoms with van der Waals surface area (Å²) in [4.78, 5) is 12.0. The molecule has 6 heteroatoms. The van der Waals surface area contributed by atoms with Crippen molar-refractivity contribution in [3.05, 3.63) is 59.7 Å². The lowest BCUT2D eigenvalue weighted by molar-refractivity contribution is -0.121. The zero-order valence-electron chi connectivity index (χ0n) is 14.7. The van der Waals surface area contributed by atoms with E-state index in [1.165, 1.54) is 12.1 Å². The number of rotatable bonds is 10. The van der Waals surface area contributed by atoms with E-state index < -0.39 is 6.61 Å². The Kier molecular flexibility index (Phi) is 7.86. The van der Waals surface area contributed by atoms with Crippen LogP contribution in [0.25, 0.3) is 0 Å². The monoisotopic (exact) mass is 363 g/mol. The van der Waals surface area contributed by atoms with Gasteiger partial charge in [-0.05, 0) is 49.1 Å². The van der Waals surface area contributed by atoms with E-state index in [0.29, 0.717) is 32.4 Å². The lowest BCUT2D eigenvalue weighted by Gasteiger charge is -2.10. The SMILES string of the molecule is CCOc1ccccc1CCC(=O)NCCc1ccc(OC(F)F)cc1. The highest BCUT2D eigenvalue weighted by molar-refractivity contribution is 5.76. The van der Waals surface area contributed by atoms with E-state index in [9.17, 15) is 13.6 Å². The number of carbonyl (C=O) groups is 1. The van der Waals surface area contributed by atoms with Gasteiger partial charge in [-0.2, -0.15) is 8.78 Å². The third-order valence-corrected chi connectivity index (χ3v) is 3.78. The molecule has 2 aromatic rings. The zero-order valence-corrected chi connectivity index (χ0v) is 14.7. The molecule has 140 valence electrons.